The Hall–Kier alpha value is -1.55. The van der Waals surface area contributed by atoms with E-state index in [1.165, 1.54) is 0 Å². The van der Waals surface area contributed by atoms with Crippen molar-refractivity contribution in [3.05, 3.63) is 29.8 Å². The molecule has 116 valence electrons. The average Bonchev–Trinajstić information content (AvgIpc) is 2.46. The molecule has 1 fully saturated rings. The monoisotopic (exact) mass is 290 g/mol. The topological polar surface area (TPSA) is 66.6 Å². The number of carbonyl (C=O) groups is 1. The molecule has 3 N–H and O–H groups in total. The quantitative estimate of drug-likeness (QED) is 0.840. The highest BCUT2D eigenvalue weighted by Crippen LogP contribution is 2.30. The standard InChI is InChI=1S/C17H26N2O2/c1-17(2,12-8-10-13(18)11-9-12)16(21)19(3)14-6-4-5-7-15(14)20/h8-11,14-15,20H,4-7,18H2,1-3H3. The summed E-state index contributed by atoms with van der Waals surface area (Å²) in [5, 5.41) is 10.2. The van der Waals surface area contributed by atoms with Crippen molar-refractivity contribution in [3.8, 4) is 0 Å². The summed E-state index contributed by atoms with van der Waals surface area (Å²) in [6.07, 6.45) is 3.36. The molecule has 0 bridgehead atoms. The summed E-state index contributed by atoms with van der Waals surface area (Å²) in [6.45, 7) is 3.85. The highest BCUT2D eigenvalue weighted by molar-refractivity contribution is 5.87. The van der Waals surface area contributed by atoms with Gasteiger partial charge in [-0.2, -0.15) is 0 Å². The fourth-order valence-electron chi connectivity index (χ4n) is 3.16. The predicted octanol–water partition coefficient (Wildman–Crippen LogP) is 2.31. The van der Waals surface area contributed by atoms with E-state index in [9.17, 15) is 9.90 Å². The molecule has 21 heavy (non-hydrogen) atoms. The van der Waals surface area contributed by atoms with Crippen LogP contribution in [0.1, 0.15) is 45.1 Å². The van der Waals surface area contributed by atoms with Gasteiger partial charge in [-0.3, -0.25) is 4.79 Å². The van der Waals surface area contributed by atoms with Crippen molar-refractivity contribution in [2.45, 2.75) is 57.1 Å². The minimum absolute atomic E-state index is 0.0400. The summed E-state index contributed by atoms with van der Waals surface area (Å²) in [5.41, 5.74) is 6.72. The van der Waals surface area contributed by atoms with Crippen LogP contribution in [0.4, 0.5) is 5.69 Å². The number of nitrogens with two attached hydrogens (primary N) is 1. The Kier molecular flexibility index (Phi) is 4.57. The van der Waals surface area contributed by atoms with Crippen molar-refractivity contribution >= 4 is 11.6 Å². The Bertz CT molecular complexity index is 496. The fraction of sp³-hybridized carbons (Fsp3) is 0.588. The third-order valence-electron chi connectivity index (χ3n) is 4.68. The molecule has 0 heterocycles. The normalized spacial score (nSPS) is 22.9. The molecule has 4 nitrogen and oxygen atoms in total. The number of benzene rings is 1. The van der Waals surface area contributed by atoms with Crippen LogP contribution in [0.3, 0.4) is 0 Å². The van der Waals surface area contributed by atoms with Crippen molar-refractivity contribution in [1.82, 2.24) is 4.90 Å². The number of aliphatic hydroxyl groups is 1. The fourth-order valence-corrected chi connectivity index (χ4v) is 3.16. The van der Waals surface area contributed by atoms with Crippen molar-refractivity contribution < 1.29 is 9.90 Å². The van der Waals surface area contributed by atoms with Gasteiger partial charge in [0.25, 0.3) is 0 Å². The first-order valence-corrected chi connectivity index (χ1v) is 7.65. The number of likely N-dealkylation sites (N-methyl/N-ethyl adjacent to an activating group) is 1. The highest BCUT2D eigenvalue weighted by atomic mass is 16.3. The number of nitrogen functional groups attached to an aromatic ring is 1. The molecule has 1 aliphatic rings. The number of amides is 1. The van der Waals surface area contributed by atoms with Crippen molar-refractivity contribution in [3.63, 3.8) is 0 Å². The second-order valence-corrected chi connectivity index (χ2v) is 6.58. The van der Waals surface area contributed by atoms with E-state index >= 15 is 0 Å². The molecular formula is C17H26N2O2. The van der Waals surface area contributed by atoms with Crippen LogP contribution in [-0.2, 0) is 10.2 Å². The van der Waals surface area contributed by atoms with Crippen LogP contribution in [0.5, 0.6) is 0 Å². The molecule has 1 aromatic rings. The summed E-state index contributed by atoms with van der Waals surface area (Å²) < 4.78 is 0. The predicted molar refractivity (Wildman–Crippen MR) is 84.9 cm³/mol. The van der Waals surface area contributed by atoms with E-state index in [-0.39, 0.29) is 11.9 Å². The minimum atomic E-state index is -0.625. The summed E-state index contributed by atoms with van der Waals surface area (Å²) in [4.78, 5) is 14.6. The SMILES string of the molecule is CN(C(=O)C(C)(C)c1ccc(N)cc1)C1CCCCC1O. The second-order valence-electron chi connectivity index (χ2n) is 6.58. The largest absolute Gasteiger partial charge is 0.399 e. The van der Waals surface area contributed by atoms with E-state index in [4.69, 9.17) is 5.73 Å². The molecule has 4 heteroatoms. The van der Waals surface area contributed by atoms with E-state index in [2.05, 4.69) is 0 Å². The smallest absolute Gasteiger partial charge is 0.232 e. The van der Waals surface area contributed by atoms with Gasteiger partial charge in [0.15, 0.2) is 0 Å². The summed E-state index contributed by atoms with van der Waals surface area (Å²) >= 11 is 0. The first-order chi connectivity index (χ1) is 9.84. The molecule has 2 rings (SSSR count). The lowest BCUT2D eigenvalue weighted by Gasteiger charge is -2.39. The van der Waals surface area contributed by atoms with Crippen LogP contribution in [-0.4, -0.2) is 35.1 Å². The van der Waals surface area contributed by atoms with Crippen LogP contribution in [0.2, 0.25) is 0 Å². The molecule has 0 aromatic heterocycles. The third-order valence-corrected chi connectivity index (χ3v) is 4.68. The zero-order valence-electron chi connectivity index (χ0n) is 13.2. The van der Waals surface area contributed by atoms with Crippen LogP contribution in [0.15, 0.2) is 24.3 Å². The molecule has 1 amide bonds. The molecule has 0 aliphatic heterocycles. The Morgan fingerprint density at radius 1 is 1.24 bits per heavy atom. The lowest BCUT2D eigenvalue weighted by Crippen LogP contribution is -2.51. The maximum atomic E-state index is 12.9. The Morgan fingerprint density at radius 3 is 2.38 bits per heavy atom. The average molecular weight is 290 g/mol. The number of rotatable bonds is 3. The van der Waals surface area contributed by atoms with Gasteiger partial charge in [-0.25, -0.2) is 0 Å². The molecule has 2 atom stereocenters. The van der Waals surface area contributed by atoms with E-state index in [0.29, 0.717) is 5.69 Å². The summed E-state index contributed by atoms with van der Waals surface area (Å²) in [5.74, 6) is 0.0400. The summed E-state index contributed by atoms with van der Waals surface area (Å²) in [6, 6.07) is 7.37. The number of carbonyl (C=O) groups excluding carboxylic acids is 1. The second kappa shape index (κ2) is 6.06. The van der Waals surface area contributed by atoms with E-state index in [1.807, 2.05) is 38.1 Å². The molecule has 0 spiro atoms. The van der Waals surface area contributed by atoms with Gasteiger partial charge in [-0.05, 0) is 44.4 Å². The highest BCUT2D eigenvalue weighted by Gasteiger charge is 2.37. The Labute approximate surface area is 126 Å². The number of anilines is 1. The lowest BCUT2D eigenvalue weighted by molar-refractivity contribution is -0.140. The third kappa shape index (κ3) is 3.21. The van der Waals surface area contributed by atoms with Gasteiger partial charge in [-0.15, -0.1) is 0 Å². The van der Waals surface area contributed by atoms with Gasteiger partial charge in [0.05, 0.1) is 17.6 Å². The molecule has 2 unspecified atom stereocenters. The van der Waals surface area contributed by atoms with Crippen molar-refractivity contribution in [1.29, 1.82) is 0 Å². The van der Waals surface area contributed by atoms with Crippen LogP contribution >= 0.6 is 0 Å². The molecule has 1 aliphatic carbocycles. The van der Waals surface area contributed by atoms with Crippen LogP contribution < -0.4 is 5.73 Å². The molecule has 0 radical (unpaired) electrons. The molecule has 1 saturated carbocycles. The van der Waals surface area contributed by atoms with Gasteiger partial charge in [-0.1, -0.05) is 25.0 Å². The number of hydrogen-bond acceptors (Lipinski definition) is 3. The zero-order chi connectivity index (χ0) is 15.6. The van der Waals surface area contributed by atoms with E-state index in [0.717, 1.165) is 31.2 Å². The van der Waals surface area contributed by atoms with Gasteiger partial charge in [0.1, 0.15) is 0 Å². The van der Waals surface area contributed by atoms with Crippen LogP contribution in [0, 0.1) is 0 Å². The first-order valence-electron chi connectivity index (χ1n) is 7.65. The van der Waals surface area contributed by atoms with Gasteiger partial charge >= 0.3 is 0 Å². The van der Waals surface area contributed by atoms with Crippen molar-refractivity contribution in [2.75, 3.05) is 12.8 Å². The number of hydrogen-bond donors (Lipinski definition) is 2. The van der Waals surface area contributed by atoms with E-state index < -0.39 is 11.5 Å². The van der Waals surface area contributed by atoms with Crippen LogP contribution in [0.25, 0.3) is 0 Å². The maximum Gasteiger partial charge on any atom is 0.232 e. The maximum absolute atomic E-state index is 12.9. The first kappa shape index (κ1) is 15.8. The number of nitrogens with zero attached hydrogens (tertiary/aromatic N) is 1. The minimum Gasteiger partial charge on any atom is -0.399 e. The summed E-state index contributed by atoms with van der Waals surface area (Å²) in [7, 11) is 1.81. The van der Waals surface area contributed by atoms with Gasteiger partial charge in [0, 0.05) is 12.7 Å². The van der Waals surface area contributed by atoms with Gasteiger partial charge < -0.3 is 15.7 Å². The Morgan fingerprint density at radius 2 is 1.81 bits per heavy atom. The molecular weight excluding hydrogens is 264 g/mol. The molecule has 0 saturated heterocycles. The number of aliphatic hydroxyl groups excluding tert-OH is 1. The molecule has 1 aromatic carbocycles. The van der Waals surface area contributed by atoms with Gasteiger partial charge in [0.2, 0.25) is 5.91 Å². The van der Waals surface area contributed by atoms with Crippen molar-refractivity contribution in [2.24, 2.45) is 0 Å². The van der Waals surface area contributed by atoms with E-state index in [1.54, 1.807) is 11.9 Å². The zero-order valence-corrected chi connectivity index (χ0v) is 13.2. The lowest BCUT2D eigenvalue weighted by atomic mass is 9.81. The Balaban J connectivity index is 2.18.